The quantitative estimate of drug-likeness (QED) is 0.898. The normalized spacial score (nSPS) is 24.1. The van der Waals surface area contributed by atoms with Gasteiger partial charge in [-0.25, -0.2) is 0 Å². The minimum absolute atomic E-state index is 0.0411. The van der Waals surface area contributed by atoms with Gasteiger partial charge in [0.2, 0.25) is 11.8 Å². The third-order valence-corrected chi connectivity index (χ3v) is 4.14. The number of nitrogens with zero attached hydrogens (tertiary/aromatic N) is 3. The Kier molecular flexibility index (Phi) is 5.33. The molecule has 0 radical (unpaired) electrons. The number of piperidine rings is 1. The first-order valence-electron chi connectivity index (χ1n) is 7.85. The van der Waals surface area contributed by atoms with Gasteiger partial charge < -0.3 is 14.7 Å². The van der Waals surface area contributed by atoms with E-state index in [0.29, 0.717) is 17.9 Å². The summed E-state index contributed by atoms with van der Waals surface area (Å²) in [6.07, 6.45) is 2.83. The second-order valence-electron chi connectivity index (χ2n) is 6.02. The van der Waals surface area contributed by atoms with E-state index in [1.165, 1.54) is 0 Å². The van der Waals surface area contributed by atoms with E-state index in [-0.39, 0.29) is 11.9 Å². The van der Waals surface area contributed by atoms with Gasteiger partial charge >= 0.3 is 0 Å². The third-order valence-electron chi connectivity index (χ3n) is 4.14. The Hall–Kier alpha value is -1.43. The van der Waals surface area contributed by atoms with Gasteiger partial charge in [-0.1, -0.05) is 19.0 Å². The number of nitrogens with one attached hydrogen (secondary N) is 1. The summed E-state index contributed by atoms with van der Waals surface area (Å²) >= 11 is 0. The molecule has 0 saturated carbocycles. The maximum atomic E-state index is 11.4. The van der Waals surface area contributed by atoms with Gasteiger partial charge in [0.15, 0.2) is 5.82 Å². The molecule has 21 heavy (non-hydrogen) atoms. The Labute approximate surface area is 126 Å². The first-order chi connectivity index (χ1) is 10.0. The number of carbonyl (C=O) groups is 1. The molecule has 3 atom stereocenters. The zero-order valence-corrected chi connectivity index (χ0v) is 13.4. The number of amides is 1. The predicted octanol–water partition coefficient (Wildman–Crippen LogP) is 1.93. The number of carbonyl (C=O) groups excluding carboxylic acids is 1. The largest absolute Gasteiger partial charge is 0.343 e. The van der Waals surface area contributed by atoms with Crippen LogP contribution in [0, 0.1) is 5.92 Å². The zero-order valence-electron chi connectivity index (χ0n) is 13.4. The van der Waals surface area contributed by atoms with Crippen molar-refractivity contribution < 1.29 is 9.32 Å². The Morgan fingerprint density at radius 1 is 1.57 bits per heavy atom. The van der Waals surface area contributed by atoms with Crippen LogP contribution in [0.3, 0.4) is 0 Å². The summed E-state index contributed by atoms with van der Waals surface area (Å²) in [6.45, 7) is 9.59. The molecule has 3 unspecified atom stereocenters. The number of aryl methyl sites for hydroxylation is 1. The summed E-state index contributed by atoms with van der Waals surface area (Å²) in [5, 5.41) is 7.56. The van der Waals surface area contributed by atoms with Crippen molar-refractivity contribution in [1.29, 1.82) is 0 Å². The van der Waals surface area contributed by atoms with Gasteiger partial charge in [0, 0.05) is 32.5 Å². The van der Waals surface area contributed by atoms with Gasteiger partial charge in [0.05, 0.1) is 6.04 Å². The Bertz CT molecular complexity index is 474. The van der Waals surface area contributed by atoms with E-state index < -0.39 is 0 Å². The van der Waals surface area contributed by atoms with Crippen LogP contribution in [0.15, 0.2) is 4.52 Å². The molecule has 1 aliphatic rings. The van der Waals surface area contributed by atoms with E-state index in [2.05, 4.69) is 29.3 Å². The lowest BCUT2D eigenvalue weighted by Gasteiger charge is -2.37. The van der Waals surface area contributed by atoms with Crippen LogP contribution < -0.4 is 5.32 Å². The van der Waals surface area contributed by atoms with Gasteiger partial charge in [-0.3, -0.25) is 4.79 Å². The highest BCUT2D eigenvalue weighted by molar-refractivity contribution is 5.73. The van der Waals surface area contributed by atoms with Crippen molar-refractivity contribution in [2.45, 2.75) is 59.0 Å². The van der Waals surface area contributed by atoms with Crippen LogP contribution in [0.2, 0.25) is 0 Å². The summed E-state index contributed by atoms with van der Waals surface area (Å²) in [4.78, 5) is 17.8. The molecule has 0 spiro atoms. The fraction of sp³-hybridized carbons (Fsp3) is 0.800. The lowest BCUT2D eigenvalue weighted by molar-refractivity contribution is -0.130. The first kappa shape index (κ1) is 15.9. The van der Waals surface area contributed by atoms with Crippen LogP contribution in [0.25, 0.3) is 0 Å². The molecule has 0 aliphatic carbocycles. The van der Waals surface area contributed by atoms with E-state index in [0.717, 1.165) is 38.2 Å². The summed E-state index contributed by atoms with van der Waals surface area (Å²) in [5.74, 6) is 2.01. The van der Waals surface area contributed by atoms with Crippen molar-refractivity contribution in [2.24, 2.45) is 5.92 Å². The van der Waals surface area contributed by atoms with E-state index in [9.17, 15) is 4.79 Å². The van der Waals surface area contributed by atoms with E-state index in [1.807, 2.05) is 11.8 Å². The standard InChI is InChI=1S/C15H26N4O2/c1-5-6-14-17-15(21-18-14)11(3)16-13-7-8-19(12(4)20)9-10(13)2/h10-11,13,16H,5-9H2,1-4H3. The molecule has 2 rings (SSSR count). The molecule has 2 heterocycles. The molecule has 1 saturated heterocycles. The van der Waals surface area contributed by atoms with Crippen LogP contribution in [0.5, 0.6) is 0 Å². The lowest BCUT2D eigenvalue weighted by Crippen LogP contribution is -2.50. The average Bonchev–Trinajstić information content (AvgIpc) is 2.90. The second-order valence-corrected chi connectivity index (χ2v) is 6.02. The molecular formula is C15H26N4O2. The predicted molar refractivity (Wildman–Crippen MR) is 79.7 cm³/mol. The van der Waals surface area contributed by atoms with Crippen molar-refractivity contribution in [2.75, 3.05) is 13.1 Å². The summed E-state index contributed by atoms with van der Waals surface area (Å²) in [5.41, 5.74) is 0. The number of aromatic nitrogens is 2. The monoisotopic (exact) mass is 294 g/mol. The molecule has 118 valence electrons. The highest BCUT2D eigenvalue weighted by atomic mass is 16.5. The van der Waals surface area contributed by atoms with Crippen LogP contribution in [-0.2, 0) is 11.2 Å². The topological polar surface area (TPSA) is 71.3 Å². The first-order valence-corrected chi connectivity index (χ1v) is 7.85. The number of hydrogen-bond donors (Lipinski definition) is 1. The molecule has 1 N–H and O–H groups in total. The fourth-order valence-corrected chi connectivity index (χ4v) is 2.84. The van der Waals surface area contributed by atoms with E-state index in [1.54, 1.807) is 6.92 Å². The maximum Gasteiger partial charge on any atom is 0.243 e. The molecular weight excluding hydrogens is 268 g/mol. The minimum Gasteiger partial charge on any atom is -0.343 e. The Morgan fingerprint density at radius 2 is 2.33 bits per heavy atom. The maximum absolute atomic E-state index is 11.4. The highest BCUT2D eigenvalue weighted by Crippen LogP contribution is 2.20. The van der Waals surface area contributed by atoms with Gasteiger partial charge in [0.25, 0.3) is 0 Å². The Morgan fingerprint density at radius 3 is 2.95 bits per heavy atom. The van der Waals surface area contributed by atoms with Crippen LogP contribution in [0.4, 0.5) is 0 Å². The zero-order chi connectivity index (χ0) is 15.4. The second kappa shape index (κ2) is 7.02. The minimum atomic E-state index is 0.0411. The molecule has 0 aromatic carbocycles. The van der Waals surface area contributed by atoms with Crippen molar-refractivity contribution in [3.8, 4) is 0 Å². The lowest BCUT2D eigenvalue weighted by atomic mass is 9.93. The molecule has 1 fully saturated rings. The summed E-state index contributed by atoms with van der Waals surface area (Å²) in [7, 11) is 0. The van der Waals surface area contributed by atoms with Crippen molar-refractivity contribution in [1.82, 2.24) is 20.4 Å². The molecule has 1 aromatic heterocycles. The summed E-state index contributed by atoms with van der Waals surface area (Å²) in [6, 6.07) is 0.413. The van der Waals surface area contributed by atoms with Crippen molar-refractivity contribution in [3.05, 3.63) is 11.7 Å². The van der Waals surface area contributed by atoms with E-state index >= 15 is 0 Å². The number of hydrogen-bond acceptors (Lipinski definition) is 5. The molecule has 1 amide bonds. The number of rotatable bonds is 5. The van der Waals surface area contributed by atoms with Gasteiger partial charge in [-0.2, -0.15) is 4.98 Å². The molecule has 6 heteroatoms. The van der Waals surface area contributed by atoms with Crippen LogP contribution in [0.1, 0.15) is 58.3 Å². The van der Waals surface area contributed by atoms with Gasteiger partial charge in [-0.15, -0.1) is 0 Å². The smallest absolute Gasteiger partial charge is 0.243 e. The van der Waals surface area contributed by atoms with Crippen LogP contribution in [-0.4, -0.2) is 40.1 Å². The molecule has 6 nitrogen and oxygen atoms in total. The SMILES string of the molecule is CCCc1noc(C(C)NC2CCN(C(C)=O)CC2C)n1. The number of likely N-dealkylation sites (tertiary alicyclic amines) is 1. The third kappa shape index (κ3) is 4.03. The highest BCUT2D eigenvalue weighted by Gasteiger charge is 2.29. The van der Waals surface area contributed by atoms with Crippen molar-refractivity contribution in [3.63, 3.8) is 0 Å². The average molecular weight is 294 g/mol. The fourth-order valence-electron chi connectivity index (χ4n) is 2.84. The van der Waals surface area contributed by atoms with E-state index in [4.69, 9.17) is 4.52 Å². The molecule has 1 aromatic rings. The summed E-state index contributed by atoms with van der Waals surface area (Å²) < 4.78 is 5.33. The van der Waals surface area contributed by atoms with Crippen molar-refractivity contribution >= 4 is 5.91 Å². The molecule has 0 bridgehead atoms. The Balaban J connectivity index is 1.90. The molecule has 1 aliphatic heterocycles. The van der Waals surface area contributed by atoms with Gasteiger partial charge in [-0.05, 0) is 25.7 Å². The van der Waals surface area contributed by atoms with Crippen LogP contribution >= 0.6 is 0 Å². The van der Waals surface area contributed by atoms with Gasteiger partial charge in [0.1, 0.15) is 0 Å².